The molecule has 0 amide bonds. The molecule has 0 bridgehead atoms. The van der Waals surface area contributed by atoms with Gasteiger partial charge in [-0.2, -0.15) is 0 Å². The van der Waals surface area contributed by atoms with E-state index < -0.39 is 0 Å². The summed E-state index contributed by atoms with van der Waals surface area (Å²) >= 11 is 0. The Bertz CT molecular complexity index is 615. The third-order valence-electron chi connectivity index (χ3n) is 6.44. The van der Waals surface area contributed by atoms with Crippen molar-refractivity contribution in [1.29, 1.82) is 0 Å². The second-order valence-corrected chi connectivity index (χ2v) is 8.87. The highest BCUT2D eigenvalue weighted by molar-refractivity contribution is 5.79. The predicted octanol–water partition coefficient (Wildman–Crippen LogP) is 3.25. The van der Waals surface area contributed by atoms with Gasteiger partial charge in [-0.15, -0.1) is 0 Å². The maximum Gasteiger partial charge on any atom is 0.191 e. The molecule has 6 nitrogen and oxygen atoms in total. The molecule has 162 valence electrons. The van der Waals surface area contributed by atoms with E-state index in [2.05, 4.69) is 56.5 Å². The fourth-order valence-corrected chi connectivity index (χ4v) is 4.39. The van der Waals surface area contributed by atoms with E-state index in [9.17, 15) is 0 Å². The van der Waals surface area contributed by atoms with Crippen LogP contribution in [0, 0.1) is 5.92 Å². The zero-order valence-corrected chi connectivity index (χ0v) is 18.7. The van der Waals surface area contributed by atoms with Gasteiger partial charge in [0.05, 0.1) is 0 Å². The highest BCUT2D eigenvalue weighted by atomic mass is 15.3. The fourth-order valence-electron chi connectivity index (χ4n) is 4.39. The maximum absolute atomic E-state index is 4.68. The zero-order chi connectivity index (χ0) is 20.5. The summed E-state index contributed by atoms with van der Waals surface area (Å²) in [5.41, 5.74) is 1.18. The minimum atomic E-state index is 0.445. The molecule has 6 heteroatoms. The number of guanidine groups is 1. The summed E-state index contributed by atoms with van der Waals surface area (Å²) in [6.45, 7) is 7.32. The number of pyridine rings is 1. The van der Waals surface area contributed by atoms with Crippen LogP contribution in [0.1, 0.15) is 57.4 Å². The summed E-state index contributed by atoms with van der Waals surface area (Å²) in [5, 5.41) is 6.99. The molecule has 1 aromatic rings. The third-order valence-corrected chi connectivity index (χ3v) is 6.44. The number of likely N-dealkylation sites (N-methyl/N-ethyl adjacent to an activating group) is 1. The summed E-state index contributed by atoms with van der Waals surface area (Å²) in [7, 11) is 4.02. The highest BCUT2D eigenvalue weighted by Gasteiger charge is 2.16. The molecule has 1 aliphatic heterocycles. The van der Waals surface area contributed by atoms with Gasteiger partial charge in [0.2, 0.25) is 0 Å². The Morgan fingerprint density at radius 2 is 1.93 bits per heavy atom. The minimum Gasteiger partial charge on any atom is -0.354 e. The molecule has 0 spiro atoms. The molecular formula is C23H40N6. The summed E-state index contributed by atoms with van der Waals surface area (Å²) < 4.78 is 0. The first-order valence-corrected chi connectivity index (χ1v) is 11.5. The number of piperazine rings is 1. The maximum atomic E-state index is 4.68. The van der Waals surface area contributed by atoms with Crippen LogP contribution in [0.3, 0.4) is 0 Å². The molecule has 29 heavy (non-hydrogen) atoms. The Balaban J connectivity index is 1.39. The van der Waals surface area contributed by atoms with Crippen molar-refractivity contribution >= 4 is 11.8 Å². The first kappa shape index (κ1) is 21.9. The Kier molecular flexibility index (Phi) is 8.59. The second-order valence-electron chi connectivity index (χ2n) is 8.87. The predicted molar refractivity (Wildman–Crippen MR) is 123 cm³/mol. The van der Waals surface area contributed by atoms with Gasteiger partial charge in [0, 0.05) is 52.0 Å². The number of aliphatic imine (C=N–C) groups is 1. The number of aromatic nitrogens is 1. The monoisotopic (exact) mass is 400 g/mol. The van der Waals surface area contributed by atoms with Gasteiger partial charge in [0.1, 0.15) is 5.82 Å². The fraction of sp³-hybridized carbons (Fsp3) is 0.739. The molecular weight excluding hydrogens is 360 g/mol. The lowest BCUT2D eigenvalue weighted by molar-refractivity contribution is 0.312. The lowest BCUT2D eigenvalue weighted by Crippen LogP contribution is -2.44. The van der Waals surface area contributed by atoms with Gasteiger partial charge in [-0.3, -0.25) is 4.99 Å². The van der Waals surface area contributed by atoms with Crippen LogP contribution in [0.15, 0.2) is 23.3 Å². The number of hydrogen-bond acceptors (Lipinski definition) is 4. The molecule has 1 atom stereocenters. The van der Waals surface area contributed by atoms with Gasteiger partial charge in [-0.05, 0) is 44.4 Å². The van der Waals surface area contributed by atoms with E-state index >= 15 is 0 Å². The number of nitrogens with zero attached hydrogens (tertiary/aromatic N) is 4. The molecule has 2 fully saturated rings. The largest absolute Gasteiger partial charge is 0.354 e. The Morgan fingerprint density at radius 1 is 1.17 bits per heavy atom. The van der Waals surface area contributed by atoms with Crippen molar-refractivity contribution in [2.24, 2.45) is 10.9 Å². The van der Waals surface area contributed by atoms with Gasteiger partial charge in [-0.1, -0.05) is 38.2 Å². The van der Waals surface area contributed by atoms with Gasteiger partial charge in [-0.25, -0.2) is 4.98 Å². The van der Waals surface area contributed by atoms with Gasteiger partial charge < -0.3 is 20.4 Å². The standard InChI is InChI=1S/C23H40N6/c1-19(9-10-20-7-5-4-6-8-20)27-23(24-2)26-18-21-11-12-22(25-17-21)29-15-13-28(3)14-16-29/h11-12,17,19-20H,4-10,13-16,18H2,1-3H3,(H2,24,26,27). The van der Waals surface area contributed by atoms with Crippen molar-refractivity contribution in [2.45, 2.75) is 64.5 Å². The van der Waals surface area contributed by atoms with E-state index in [0.717, 1.165) is 50.4 Å². The van der Waals surface area contributed by atoms with Crippen LogP contribution in [0.5, 0.6) is 0 Å². The average molecular weight is 401 g/mol. The van der Waals surface area contributed by atoms with E-state index in [1.165, 1.54) is 50.5 Å². The molecule has 0 aromatic carbocycles. The summed E-state index contributed by atoms with van der Waals surface area (Å²) in [6, 6.07) is 4.76. The molecule has 3 rings (SSSR count). The molecule has 0 radical (unpaired) electrons. The summed E-state index contributed by atoms with van der Waals surface area (Å²) in [6.07, 6.45) is 11.7. The van der Waals surface area contributed by atoms with Crippen molar-refractivity contribution in [2.75, 3.05) is 45.2 Å². The van der Waals surface area contributed by atoms with Crippen LogP contribution in [0.4, 0.5) is 5.82 Å². The van der Waals surface area contributed by atoms with Gasteiger partial charge in [0.15, 0.2) is 5.96 Å². The molecule has 1 saturated carbocycles. The Hall–Kier alpha value is -1.82. The molecule has 1 saturated heterocycles. The van der Waals surface area contributed by atoms with Crippen LogP contribution >= 0.6 is 0 Å². The van der Waals surface area contributed by atoms with E-state index in [-0.39, 0.29) is 0 Å². The van der Waals surface area contributed by atoms with Gasteiger partial charge in [0.25, 0.3) is 0 Å². The molecule has 1 unspecified atom stereocenters. The number of rotatable bonds is 7. The molecule has 1 aromatic heterocycles. The van der Waals surface area contributed by atoms with E-state index in [0.29, 0.717) is 6.04 Å². The zero-order valence-electron chi connectivity index (χ0n) is 18.7. The molecule has 2 heterocycles. The highest BCUT2D eigenvalue weighted by Crippen LogP contribution is 2.27. The van der Waals surface area contributed by atoms with Crippen molar-refractivity contribution in [3.05, 3.63) is 23.9 Å². The Labute approximate surface area is 177 Å². The lowest BCUT2D eigenvalue weighted by atomic mass is 9.85. The van der Waals surface area contributed by atoms with Crippen molar-refractivity contribution in [1.82, 2.24) is 20.5 Å². The summed E-state index contributed by atoms with van der Waals surface area (Å²) in [5.74, 6) is 2.90. The van der Waals surface area contributed by atoms with Crippen LogP contribution in [-0.2, 0) is 6.54 Å². The molecule has 1 aliphatic carbocycles. The third kappa shape index (κ3) is 7.18. The van der Waals surface area contributed by atoms with Gasteiger partial charge >= 0.3 is 0 Å². The van der Waals surface area contributed by atoms with Crippen molar-refractivity contribution in [3.8, 4) is 0 Å². The van der Waals surface area contributed by atoms with Crippen molar-refractivity contribution < 1.29 is 0 Å². The molecule has 2 N–H and O–H groups in total. The van der Waals surface area contributed by atoms with E-state index in [4.69, 9.17) is 0 Å². The van der Waals surface area contributed by atoms with Crippen LogP contribution in [-0.4, -0.2) is 62.2 Å². The Morgan fingerprint density at radius 3 is 2.59 bits per heavy atom. The lowest BCUT2D eigenvalue weighted by Gasteiger charge is -2.33. The molecule has 2 aliphatic rings. The second kappa shape index (κ2) is 11.4. The smallest absolute Gasteiger partial charge is 0.191 e. The average Bonchev–Trinajstić information content (AvgIpc) is 2.77. The number of anilines is 1. The number of nitrogens with one attached hydrogen (secondary N) is 2. The first-order chi connectivity index (χ1) is 14.1. The number of hydrogen-bond donors (Lipinski definition) is 2. The van der Waals surface area contributed by atoms with E-state index in [1.807, 2.05) is 13.2 Å². The summed E-state index contributed by atoms with van der Waals surface area (Å²) in [4.78, 5) is 13.8. The van der Waals surface area contributed by atoms with Crippen LogP contribution in [0.2, 0.25) is 0 Å². The first-order valence-electron chi connectivity index (χ1n) is 11.5. The minimum absolute atomic E-state index is 0.445. The topological polar surface area (TPSA) is 55.8 Å². The quantitative estimate of drug-likeness (QED) is 0.544. The van der Waals surface area contributed by atoms with Crippen molar-refractivity contribution in [3.63, 3.8) is 0 Å². The van der Waals surface area contributed by atoms with Crippen LogP contribution in [0.25, 0.3) is 0 Å². The SMILES string of the molecule is CN=C(NCc1ccc(N2CCN(C)CC2)nc1)NC(C)CCC1CCCCC1. The van der Waals surface area contributed by atoms with E-state index in [1.54, 1.807) is 0 Å². The normalized spacial score (nSPS) is 20.5. The van der Waals surface area contributed by atoms with Crippen LogP contribution < -0.4 is 15.5 Å².